The molecule has 0 unspecified atom stereocenters. The van der Waals surface area contributed by atoms with Gasteiger partial charge in [-0.1, -0.05) is 140 Å². The van der Waals surface area contributed by atoms with E-state index >= 15 is 0 Å². The van der Waals surface area contributed by atoms with Crippen LogP contribution >= 0.6 is 0 Å². The highest BCUT2D eigenvalue weighted by Gasteiger charge is 2.13. The van der Waals surface area contributed by atoms with E-state index in [2.05, 4.69) is 62.5 Å². The van der Waals surface area contributed by atoms with Gasteiger partial charge in [-0.25, -0.2) is 4.79 Å². The van der Waals surface area contributed by atoms with Gasteiger partial charge < -0.3 is 9.84 Å². The summed E-state index contributed by atoms with van der Waals surface area (Å²) in [6, 6.07) is 0. The van der Waals surface area contributed by atoms with Crippen molar-refractivity contribution in [2.24, 2.45) is 0 Å². The Kier molecular flexibility index (Phi) is 32.9. The first-order chi connectivity index (χ1) is 20.2. The van der Waals surface area contributed by atoms with Crippen LogP contribution in [-0.2, 0) is 4.74 Å². The number of ether oxygens (including phenoxy) is 1. The topological polar surface area (TPSA) is 46.5 Å². The molecule has 0 radical (unpaired) electrons. The molecule has 3 heteroatoms. The molecule has 0 rings (SSSR count). The molecule has 0 fully saturated rings. The number of allylic oxidation sites excluding steroid dienone is 8. The molecule has 0 spiro atoms. The normalized spacial score (nSPS) is 12.9. The highest BCUT2D eigenvalue weighted by atomic mass is 16.7. The van der Waals surface area contributed by atoms with Gasteiger partial charge in [0.2, 0.25) is 0 Å². The number of hydrogen-bond donors (Lipinski definition) is 1. The van der Waals surface area contributed by atoms with Gasteiger partial charge in [0.15, 0.2) is 0 Å². The Balaban J connectivity index is 3.63. The first-order valence-corrected chi connectivity index (χ1v) is 17.7. The summed E-state index contributed by atoms with van der Waals surface area (Å²) in [5, 5.41) is 9.11. The van der Waals surface area contributed by atoms with Crippen LogP contribution in [0.2, 0.25) is 0 Å². The molecule has 3 nitrogen and oxygen atoms in total. The predicted octanol–water partition coefficient (Wildman–Crippen LogP) is 13.5. The van der Waals surface area contributed by atoms with E-state index in [0.29, 0.717) is 0 Å². The van der Waals surface area contributed by atoms with Crippen LogP contribution < -0.4 is 0 Å². The van der Waals surface area contributed by atoms with Crippen LogP contribution in [0.1, 0.15) is 181 Å². The minimum atomic E-state index is -1.12. The molecule has 0 aromatic heterocycles. The molecule has 0 bridgehead atoms. The Morgan fingerprint density at radius 2 is 0.805 bits per heavy atom. The molecule has 0 heterocycles. The minimum Gasteiger partial charge on any atom is -0.450 e. The van der Waals surface area contributed by atoms with Gasteiger partial charge >= 0.3 is 6.16 Å². The van der Waals surface area contributed by atoms with E-state index < -0.39 is 6.16 Å². The van der Waals surface area contributed by atoms with Crippen molar-refractivity contribution >= 4 is 6.16 Å². The summed E-state index contributed by atoms with van der Waals surface area (Å²) < 4.78 is 5.19. The maximum atomic E-state index is 11.1. The van der Waals surface area contributed by atoms with Crippen molar-refractivity contribution in [1.29, 1.82) is 0 Å². The van der Waals surface area contributed by atoms with Gasteiger partial charge in [-0.15, -0.1) is 0 Å². The van der Waals surface area contributed by atoms with E-state index in [1.54, 1.807) is 0 Å². The van der Waals surface area contributed by atoms with Crippen LogP contribution in [0.3, 0.4) is 0 Å². The molecule has 1 N–H and O–H groups in total. The SMILES string of the molecule is CCCCCC=CCC=CCCCCCCCCC(CCCCCCCCC=CCC=CCCCCC)OC(=O)O. The summed E-state index contributed by atoms with van der Waals surface area (Å²) >= 11 is 0. The lowest BCUT2D eigenvalue weighted by Gasteiger charge is -2.15. The van der Waals surface area contributed by atoms with E-state index in [-0.39, 0.29) is 6.10 Å². The van der Waals surface area contributed by atoms with E-state index in [0.717, 1.165) is 38.5 Å². The highest BCUT2D eigenvalue weighted by Crippen LogP contribution is 2.17. The maximum Gasteiger partial charge on any atom is 0.506 e. The zero-order chi connectivity index (χ0) is 29.9. The van der Waals surface area contributed by atoms with Gasteiger partial charge in [0, 0.05) is 0 Å². The van der Waals surface area contributed by atoms with E-state index in [4.69, 9.17) is 9.84 Å². The fourth-order valence-corrected chi connectivity index (χ4v) is 5.13. The van der Waals surface area contributed by atoms with Crippen LogP contribution in [0.4, 0.5) is 4.79 Å². The molecule has 0 aromatic carbocycles. The van der Waals surface area contributed by atoms with Crippen molar-refractivity contribution < 1.29 is 14.6 Å². The van der Waals surface area contributed by atoms with Crippen molar-refractivity contribution in [1.82, 2.24) is 0 Å². The number of rotatable bonds is 31. The smallest absolute Gasteiger partial charge is 0.450 e. The molecule has 238 valence electrons. The van der Waals surface area contributed by atoms with Crippen LogP contribution in [0.15, 0.2) is 48.6 Å². The lowest BCUT2D eigenvalue weighted by Crippen LogP contribution is -2.16. The summed E-state index contributed by atoms with van der Waals surface area (Å²) in [6.07, 6.45) is 48.6. The van der Waals surface area contributed by atoms with Crippen LogP contribution in [0.25, 0.3) is 0 Å². The van der Waals surface area contributed by atoms with Crippen LogP contribution in [0.5, 0.6) is 0 Å². The largest absolute Gasteiger partial charge is 0.506 e. The number of carboxylic acid groups (broad SMARTS) is 1. The third-order valence-corrected chi connectivity index (χ3v) is 7.72. The fourth-order valence-electron chi connectivity index (χ4n) is 5.13. The molecular weight excluding hydrogens is 504 g/mol. The van der Waals surface area contributed by atoms with Gasteiger partial charge in [0.25, 0.3) is 0 Å². The standard InChI is InChI=1S/C38H68O3/c1-3-5-7-9-11-13-15-17-19-21-23-25-27-29-31-33-35-37(41-38(39)40)36-34-32-30-28-26-24-22-20-18-16-14-12-10-8-6-4-2/h11-14,17-20,37H,3-10,15-16,21-36H2,1-2H3,(H,39,40). The van der Waals surface area contributed by atoms with Crippen molar-refractivity contribution in [2.75, 3.05) is 0 Å². The summed E-state index contributed by atoms with van der Waals surface area (Å²) in [7, 11) is 0. The molecular formula is C38H68O3. The second kappa shape index (κ2) is 34.4. The van der Waals surface area contributed by atoms with Crippen molar-refractivity contribution in [3.63, 3.8) is 0 Å². The van der Waals surface area contributed by atoms with E-state index in [1.165, 1.54) is 128 Å². The highest BCUT2D eigenvalue weighted by molar-refractivity contribution is 5.57. The average molecular weight is 573 g/mol. The second-order valence-electron chi connectivity index (χ2n) is 11.8. The number of unbranched alkanes of at least 4 members (excludes halogenated alkanes) is 18. The summed E-state index contributed by atoms with van der Waals surface area (Å²) in [6.45, 7) is 4.50. The Bertz CT molecular complexity index is 598. The van der Waals surface area contributed by atoms with Crippen molar-refractivity contribution in [3.8, 4) is 0 Å². The van der Waals surface area contributed by atoms with Gasteiger partial charge in [-0.2, -0.15) is 0 Å². The fraction of sp³-hybridized carbons (Fsp3) is 0.763. The first kappa shape index (κ1) is 39.2. The van der Waals surface area contributed by atoms with Crippen molar-refractivity contribution in [3.05, 3.63) is 48.6 Å². The average Bonchev–Trinajstić information content (AvgIpc) is 2.96. The quantitative estimate of drug-likeness (QED) is 0.0510. The van der Waals surface area contributed by atoms with Crippen molar-refractivity contribution in [2.45, 2.75) is 187 Å². The number of carbonyl (C=O) groups is 1. The second-order valence-corrected chi connectivity index (χ2v) is 11.8. The monoisotopic (exact) mass is 573 g/mol. The molecule has 0 aliphatic heterocycles. The van der Waals surface area contributed by atoms with Gasteiger partial charge in [0.05, 0.1) is 0 Å². The number of hydrogen-bond acceptors (Lipinski definition) is 2. The van der Waals surface area contributed by atoms with Crippen LogP contribution in [-0.4, -0.2) is 17.4 Å². The van der Waals surface area contributed by atoms with Gasteiger partial charge in [-0.05, 0) is 89.9 Å². The van der Waals surface area contributed by atoms with E-state index in [9.17, 15) is 4.79 Å². The van der Waals surface area contributed by atoms with E-state index in [1.807, 2.05) is 0 Å². The lowest BCUT2D eigenvalue weighted by molar-refractivity contribution is 0.0422. The summed E-state index contributed by atoms with van der Waals surface area (Å²) in [4.78, 5) is 11.1. The third-order valence-electron chi connectivity index (χ3n) is 7.72. The minimum absolute atomic E-state index is 0.121. The van der Waals surface area contributed by atoms with Crippen LogP contribution in [0, 0.1) is 0 Å². The Morgan fingerprint density at radius 1 is 0.488 bits per heavy atom. The molecule has 0 amide bonds. The molecule has 0 atom stereocenters. The summed E-state index contributed by atoms with van der Waals surface area (Å²) in [5.74, 6) is 0. The Hall–Kier alpha value is -1.77. The zero-order valence-corrected chi connectivity index (χ0v) is 27.3. The predicted molar refractivity (Wildman–Crippen MR) is 181 cm³/mol. The summed E-state index contributed by atoms with van der Waals surface area (Å²) in [5.41, 5.74) is 0. The Labute approximate surface area is 256 Å². The van der Waals surface area contributed by atoms with Gasteiger partial charge in [0.1, 0.15) is 6.10 Å². The molecule has 41 heavy (non-hydrogen) atoms. The molecule has 0 saturated carbocycles. The molecule has 0 aliphatic carbocycles. The first-order valence-electron chi connectivity index (χ1n) is 17.7. The van der Waals surface area contributed by atoms with Gasteiger partial charge in [-0.3, -0.25) is 0 Å². The maximum absolute atomic E-state index is 11.1. The molecule has 0 aliphatic rings. The zero-order valence-electron chi connectivity index (χ0n) is 27.3. The Morgan fingerprint density at radius 3 is 1.15 bits per heavy atom. The molecule has 0 saturated heterocycles. The molecule has 0 aromatic rings. The third kappa shape index (κ3) is 34.3. The lowest BCUT2D eigenvalue weighted by atomic mass is 10.0.